The number of rotatable bonds is 7. The largest absolute Gasteiger partial charge is 0.466 e. The first-order valence-electron chi connectivity index (χ1n) is 8.73. The Hall–Kier alpha value is -2.29. The van der Waals surface area contributed by atoms with Crippen molar-refractivity contribution >= 4 is 5.97 Å². The Morgan fingerprint density at radius 3 is 2.54 bits per heavy atom. The van der Waals surface area contributed by atoms with Crippen LogP contribution in [0, 0.1) is 5.92 Å². The molecule has 0 aliphatic heterocycles. The molecule has 0 atom stereocenters. The van der Waals surface area contributed by atoms with Crippen LogP contribution in [0.1, 0.15) is 44.1 Å². The molecule has 0 spiro atoms. The number of esters is 1. The van der Waals surface area contributed by atoms with E-state index in [1.54, 1.807) is 0 Å². The third kappa shape index (κ3) is 4.38. The number of hydrogen-bond acceptors (Lipinski definition) is 3. The molecule has 126 valence electrons. The second kappa shape index (κ2) is 8.00. The highest BCUT2D eigenvalue weighted by Crippen LogP contribution is 2.44. The molecule has 0 amide bonds. The summed E-state index contributed by atoms with van der Waals surface area (Å²) in [7, 11) is 0. The van der Waals surface area contributed by atoms with E-state index in [-0.39, 0.29) is 5.97 Å². The second-order valence-electron chi connectivity index (χ2n) is 6.37. The molecule has 2 aromatic rings. The van der Waals surface area contributed by atoms with E-state index in [2.05, 4.69) is 18.2 Å². The van der Waals surface area contributed by atoms with Gasteiger partial charge in [-0.1, -0.05) is 30.3 Å². The van der Waals surface area contributed by atoms with Gasteiger partial charge in [-0.3, -0.25) is 4.79 Å². The predicted molar refractivity (Wildman–Crippen MR) is 94.3 cm³/mol. The van der Waals surface area contributed by atoms with Crippen LogP contribution in [-0.4, -0.2) is 12.6 Å². The molecule has 1 fully saturated rings. The Balaban J connectivity index is 1.50. The van der Waals surface area contributed by atoms with Crippen molar-refractivity contribution in [2.45, 2.75) is 38.5 Å². The van der Waals surface area contributed by atoms with Gasteiger partial charge >= 0.3 is 5.97 Å². The maximum Gasteiger partial charge on any atom is 0.305 e. The van der Waals surface area contributed by atoms with E-state index in [4.69, 9.17) is 9.47 Å². The molecular weight excluding hydrogens is 300 g/mol. The van der Waals surface area contributed by atoms with E-state index >= 15 is 0 Å². The van der Waals surface area contributed by atoms with Crippen LogP contribution >= 0.6 is 0 Å². The first-order valence-corrected chi connectivity index (χ1v) is 8.73. The quantitative estimate of drug-likeness (QED) is 0.647. The van der Waals surface area contributed by atoms with Crippen LogP contribution < -0.4 is 4.74 Å². The van der Waals surface area contributed by atoms with Crippen molar-refractivity contribution in [1.29, 1.82) is 0 Å². The first-order chi connectivity index (χ1) is 11.7. The Labute approximate surface area is 143 Å². The molecule has 0 radical (unpaired) electrons. The Morgan fingerprint density at radius 1 is 1.04 bits per heavy atom. The Morgan fingerprint density at radius 2 is 1.79 bits per heavy atom. The topological polar surface area (TPSA) is 35.5 Å². The van der Waals surface area contributed by atoms with Crippen molar-refractivity contribution in [2.24, 2.45) is 5.92 Å². The van der Waals surface area contributed by atoms with E-state index in [1.807, 2.05) is 43.3 Å². The average Bonchev–Trinajstić information content (AvgIpc) is 2.55. The lowest BCUT2D eigenvalue weighted by molar-refractivity contribution is -0.143. The van der Waals surface area contributed by atoms with E-state index in [1.165, 1.54) is 5.56 Å². The SMILES string of the molecule is CCOC(=O)CCC1CC(c2cccc(Oc3ccccc3)c2)C1. The van der Waals surface area contributed by atoms with Gasteiger partial charge in [0.05, 0.1) is 6.61 Å². The maximum absolute atomic E-state index is 11.4. The lowest BCUT2D eigenvalue weighted by atomic mass is 9.70. The molecular formula is C21H24O3. The number of hydrogen-bond donors (Lipinski definition) is 0. The van der Waals surface area contributed by atoms with Crippen molar-refractivity contribution in [3.8, 4) is 11.5 Å². The highest BCUT2D eigenvalue weighted by Gasteiger charge is 2.30. The minimum atomic E-state index is -0.0702. The molecule has 3 rings (SSSR count). The third-order valence-electron chi connectivity index (χ3n) is 4.61. The van der Waals surface area contributed by atoms with Gasteiger partial charge in [0, 0.05) is 6.42 Å². The van der Waals surface area contributed by atoms with Crippen molar-refractivity contribution in [2.75, 3.05) is 6.61 Å². The Kier molecular flexibility index (Phi) is 5.52. The lowest BCUT2D eigenvalue weighted by Crippen LogP contribution is -2.23. The number of carbonyl (C=O) groups is 1. The standard InChI is InChI=1S/C21H24O3/c1-2-23-21(22)12-11-16-13-18(14-16)17-7-6-10-20(15-17)24-19-8-4-3-5-9-19/h3-10,15-16,18H,2,11-14H2,1H3. The van der Waals surface area contributed by atoms with Crippen LogP contribution in [0.15, 0.2) is 54.6 Å². The fourth-order valence-corrected chi connectivity index (χ4v) is 3.26. The second-order valence-corrected chi connectivity index (χ2v) is 6.37. The zero-order valence-corrected chi connectivity index (χ0v) is 14.1. The van der Waals surface area contributed by atoms with Crippen LogP contribution in [0.4, 0.5) is 0 Å². The molecule has 24 heavy (non-hydrogen) atoms. The van der Waals surface area contributed by atoms with Gasteiger partial charge in [0.15, 0.2) is 0 Å². The van der Waals surface area contributed by atoms with Gasteiger partial charge in [0.2, 0.25) is 0 Å². The fraction of sp³-hybridized carbons (Fsp3) is 0.381. The van der Waals surface area contributed by atoms with Crippen LogP contribution in [0.3, 0.4) is 0 Å². The molecule has 0 heterocycles. The molecule has 0 N–H and O–H groups in total. The molecule has 1 saturated carbocycles. The molecule has 3 heteroatoms. The monoisotopic (exact) mass is 324 g/mol. The zero-order valence-electron chi connectivity index (χ0n) is 14.1. The first kappa shape index (κ1) is 16.6. The Bertz CT molecular complexity index is 660. The normalized spacial score (nSPS) is 19.4. The van der Waals surface area contributed by atoms with E-state index in [0.29, 0.717) is 24.9 Å². The molecule has 0 bridgehead atoms. The summed E-state index contributed by atoms with van der Waals surface area (Å²) in [5.74, 6) is 2.89. The van der Waals surface area contributed by atoms with Crippen LogP contribution in [0.25, 0.3) is 0 Å². The van der Waals surface area contributed by atoms with Gasteiger partial charge in [-0.15, -0.1) is 0 Å². The molecule has 0 unspecified atom stereocenters. The molecule has 0 saturated heterocycles. The summed E-state index contributed by atoms with van der Waals surface area (Å²) in [6.45, 7) is 2.32. The van der Waals surface area contributed by atoms with Crippen LogP contribution in [-0.2, 0) is 9.53 Å². The van der Waals surface area contributed by atoms with Gasteiger partial charge in [-0.05, 0) is 67.9 Å². The van der Waals surface area contributed by atoms with Crippen LogP contribution in [0.2, 0.25) is 0 Å². The summed E-state index contributed by atoms with van der Waals surface area (Å²) >= 11 is 0. The van der Waals surface area contributed by atoms with Crippen LogP contribution in [0.5, 0.6) is 11.5 Å². The summed E-state index contributed by atoms with van der Waals surface area (Å²) in [5, 5.41) is 0. The van der Waals surface area contributed by atoms with Gasteiger partial charge < -0.3 is 9.47 Å². The average molecular weight is 324 g/mol. The lowest BCUT2D eigenvalue weighted by Gasteiger charge is -2.35. The number of carbonyl (C=O) groups excluding carboxylic acids is 1. The summed E-state index contributed by atoms with van der Waals surface area (Å²) in [6.07, 6.45) is 3.78. The van der Waals surface area contributed by atoms with E-state index in [9.17, 15) is 4.79 Å². The van der Waals surface area contributed by atoms with Crippen molar-refractivity contribution in [1.82, 2.24) is 0 Å². The number of para-hydroxylation sites is 1. The van der Waals surface area contributed by atoms with E-state index in [0.717, 1.165) is 30.8 Å². The minimum absolute atomic E-state index is 0.0702. The maximum atomic E-state index is 11.4. The summed E-state index contributed by atoms with van der Waals surface area (Å²) < 4.78 is 10.9. The highest BCUT2D eigenvalue weighted by molar-refractivity contribution is 5.69. The molecule has 3 nitrogen and oxygen atoms in total. The third-order valence-corrected chi connectivity index (χ3v) is 4.61. The number of ether oxygens (including phenoxy) is 2. The summed E-state index contributed by atoms with van der Waals surface area (Å²) in [6, 6.07) is 18.2. The van der Waals surface area contributed by atoms with Gasteiger partial charge in [0.1, 0.15) is 11.5 Å². The molecule has 0 aromatic heterocycles. The fourth-order valence-electron chi connectivity index (χ4n) is 3.26. The smallest absolute Gasteiger partial charge is 0.305 e. The molecule has 2 aromatic carbocycles. The van der Waals surface area contributed by atoms with Crippen molar-refractivity contribution < 1.29 is 14.3 Å². The molecule has 1 aliphatic carbocycles. The van der Waals surface area contributed by atoms with Crippen molar-refractivity contribution in [3.05, 3.63) is 60.2 Å². The minimum Gasteiger partial charge on any atom is -0.466 e. The summed E-state index contributed by atoms with van der Waals surface area (Å²) in [4.78, 5) is 11.4. The van der Waals surface area contributed by atoms with Crippen molar-refractivity contribution in [3.63, 3.8) is 0 Å². The zero-order chi connectivity index (χ0) is 16.8. The van der Waals surface area contributed by atoms with Gasteiger partial charge in [-0.25, -0.2) is 0 Å². The van der Waals surface area contributed by atoms with E-state index < -0.39 is 0 Å². The molecule has 1 aliphatic rings. The predicted octanol–water partition coefficient (Wildman–Crippen LogP) is 5.32. The van der Waals surface area contributed by atoms with Gasteiger partial charge in [-0.2, -0.15) is 0 Å². The van der Waals surface area contributed by atoms with Gasteiger partial charge in [0.25, 0.3) is 0 Å². The number of benzene rings is 2. The summed E-state index contributed by atoms with van der Waals surface area (Å²) in [5.41, 5.74) is 1.33. The highest BCUT2D eigenvalue weighted by atomic mass is 16.5.